The molecular formula is C13H26F3NO. The van der Waals surface area contributed by atoms with Gasteiger partial charge >= 0.3 is 6.18 Å². The zero-order chi connectivity index (χ0) is 14.2. The second-order valence-electron chi connectivity index (χ2n) is 4.47. The monoisotopic (exact) mass is 269 g/mol. The highest BCUT2D eigenvalue weighted by Gasteiger charge is 2.38. The standard InChI is InChI=1S/C13H26F3NO/c1-5-12(6-2,18-8-4)11(17-7-3)9-10-13(14,15)16/h11,17H,5-10H2,1-4H3. The Morgan fingerprint density at radius 2 is 1.61 bits per heavy atom. The summed E-state index contributed by atoms with van der Waals surface area (Å²) in [6, 6.07) is -0.251. The molecule has 0 saturated heterocycles. The van der Waals surface area contributed by atoms with Crippen LogP contribution in [-0.4, -0.2) is 31.0 Å². The van der Waals surface area contributed by atoms with Crippen LogP contribution in [0.5, 0.6) is 0 Å². The van der Waals surface area contributed by atoms with Gasteiger partial charge in [-0.1, -0.05) is 20.8 Å². The lowest BCUT2D eigenvalue weighted by atomic mass is 9.85. The molecule has 0 aliphatic carbocycles. The molecule has 0 aliphatic heterocycles. The van der Waals surface area contributed by atoms with Gasteiger partial charge in [0.05, 0.1) is 5.60 Å². The predicted molar refractivity (Wildman–Crippen MR) is 67.7 cm³/mol. The minimum atomic E-state index is -4.10. The number of alkyl halides is 3. The summed E-state index contributed by atoms with van der Waals surface area (Å²) in [6.07, 6.45) is -3.37. The van der Waals surface area contributed by atoms with Gasteiger partial charge in [0.2, 0.25) is 0 Å². The summed E-state index contributed by atoms with van der Waals surface area (Å²) < 4.78 is 42.9. The summed E-state index contributed by atoms with van der Waals surface area (Å²) in [5.41, 5.74) is -0.490. The van der Waals surface area contributed by atoms with E-state index in [2.05, 4.69) is 5.32 Å². The molecular weight excluding hydrogens is 243 g/mol. The first-order valence-electron chi connectivity index (χ1n) is 6.79. The molecule has 0 rings (SSSR count). The molecule has 110 valence electrons. The van der Waals surface area contributed by atoms with Crippen molar-refractivity contribution in [2.45, 2.75) is 71.2 Å². The Morgan fingerprint density at radius 1 is 1.06 bits per heavy atom. The van der Waals surface area contributed by atoms with Gasteiger partial charge in [-0.3, -0.25) is 0 Å². The van der Waals surface area contributed by atoms with Crippen molar-refractivity contribution < 1.29 is 17.9 Å². The predicted octanol–water partition coefficient (Wildman–Crippen LogP) is 3.90. The fourth-order valence-electron chi connectivity index (χ4n) is 2.44. The van der Waals surface area contributed by atoms with Crippen molar-refractivity contribution in [2.24, 2.45) is 0 Å². The normalized spacial score (nSPS) is 14.8. The average Bonchev–Trinajstić information content (AvgIpc) is 2.31. The maximum absolute atomic E-state index is 12.4. The van der Waals surface area contributed by atoms with Crippen LogP contribution in [0.15, 0.2) is 0 Å². The lowest BCUT2D eigenvalue weighted by Crippen LogP contribution is -2.52. The van der Waals surface area contributed by atoms with Crippen molar-refractivity contribution in [1.29, 1.82) is 0 Å². The van der Waals surface area contributed by atoms with Gasteiger partial charge in [-0.05, 0) is 32.7 Å². The van der Waals surface area contributed by atoms with Crippen LogP contribution in [0.1, 0.15) is 53.4 Å². The Labute approximate surface area is 108 Å². The van der Waals surface area contributed by atoms with Crippen LogP contribution in [-0.2, 0) is 4.74 Å². The van der Waals surface area contributed by atoms with Crippen molar-refractivity contribution in [3.63, 3.8) is 0 Å². The molecule has 0 heterocycles. The zero-order valence-corrected chi connectivity index (χ0v) is 11.9. The SMILES string of the molecule is CCNC(CCC(F)(F)F)C(CC)(CC)OCC. The summed E-state index contributed by atoms with van der Waals surface area (Å²) in [5, 5.41) is 3.16. The lowest BCUT2D eigenvalue weighted by Gasteiger charge is -2.40. The Hall–Kier alpha value is -0.290. The maximum Gasteiger partial charge on any atom is 0.389 e. The number of ether oxygens (including phenoxy) is 1. The molecule has 0 fully saturated rings. The second-order valence-corrected chi connectivity index (χ2v) is 4.47. The van der Waals surface area contributed by atoms with Gasteiger partial charge in [-0.15, -0.1) is 0 Å². The quantitative estimate of drug-likeness (QED) is 0.685. The molecule has 1 N–H and O–H groups in total. The first kappa shape index (κ1) is 17.7. The van der Waals surface area contributed by atoms with Crippen molar-refractivity contribution in [2.75, 3.05) is 13.2 Å². The number of hydrogen-bond acceptors (Lipinski definition) is 2. The van der Waals surface area contributed by atoms with Crippen LogP contribution >= 0.6 is 0 Å². The van der Waals surface area contributed by atoms with Gasteiger partial charge < -0.3 is 10.1 Å². The van der Waals surface area contributed by atoms with Crippen molar-refractivity contribution >= 4 is 0 Å². The summed E-state index contributed by atoms with van der Waals surface area (Å²) in [7, 11) is 0. The topological polar surface area (TPSA) is 21.3 Å². The van der Waals surface area contributed by atoms with E-state index < -0.39 is 18.2 Å². The third-order valence-electron chi connectivity index (χ3n) is 3.43. The molecule has 0 aromatic rings. The Kier molecular flexibility index (Phi) is 7.87. The van der Waals surface area contributed by atoms with Crippen LogP contribution in [0.4, 0.5) is 13.2 Å². The van der Waals surface area contributed by atoms with E-state index in [1.807, 2.05) is 27.7 Å². The molecule has 0 aromatic carbocycles. The first-order chi connectivity index (χ1) is 8.35. The fraction of sp³-hybridized carbons (Fsp3) is 1.00. The molecule has 0 saturated carbocycles. The maximum atomic E-state index is 12.4. The molecule has 1 atom stereocenters. The van der Waals surface area contributed by atoms with Crippen LogP contribution in [0.3, 0.4) is 0 Å². The van der Waals surface area contributed by atoms with Gasteiger partial charge in [0.1, 0.15) is 0 Å². The smallest absolute Gasteiger partial charge is 0.374 e. The molecule has 2 nitrogen and oxygen atoms in total. The first-order valence-corrected chi connectivity index (χ1v) is 6.79. The van der Waals surface area contributed by atoms with E-state index in [1.165, 1.54) is 0 Å². The molecule has 0 spiro atoms. The van der Waals surface area contributed by atoms with Crippen LogP contribution in [0.2, 0.25) is 0 Å². The zero-order valence-electron chi connectivity index (χ0n) is 11.9. The molecule has 0 bridgehead atoms. The van der Waals surface area contributed by atoms with Crippen LogP contribution in [0, 0.1) is 0 Å². The van der Waals surface area contributed by atoms with Gasteiger partial charge in [0.15, 0.2) is 0 Å². The summed E-state index contributed by atoms with van der Waals surface area (Å²) in [5.74, 6) is 0. The molecule has 0 aliphatic rings. The van der Waals surface area contributed by atoms with E-state index in [-0.39, 0.29) is 12.5 Å². The number of hydrogen-bond donors (Lipinski definition) is 1. The Bertz CT molecular complexity index is 215. The van der Waals surface area contributed by atoms with Gasteiger partial charge in [-0.2, -0.15) is 13.2 Å². The van der Waals surface area contributed by atoms with Crippen molar-refractivity contribution in [3.8, 4) is 0 Å². The van der Waals surface area contributed by atoms with Crippen LogP contribution < -0.4 is 5.32 Å². The molecule has 5 heteroatoms. The third-order valence-corrected chi connectivity index (χ3v) is 3.43. The Balaban J connectivity index is 4.79. The minimum Gasteiger partial charge on any atom is -0.374 e. The van der Waals surface area contributed by atoms with E-state index >= 15 is 0 Å². The van der Waals surface area contributed by atoms with Crippen molar-refractivity contribution in [3.05, 3.63) is 0 Å². The van der Waals surface area contributed by atoms with Gasteiger partial charge in [-0.25, -0.2) is 0 Å². The van der Waals surface area contributed by atoms with E-state index in [9.17, 15) is 13.2 Å². The second kappa shape index (κ2) is 8.00. The lowest BCUT2D eigenvalue weighted by molar-refractivity contribution is -0.143. The van der Waals surface area contributed by atoms with E-state index in [1.54, 1.807) is 0 Å². The highest BCUT2D eigenvalue weighted by atomic mass is 19.4. The summed E-state index contributed by atoms with van der Waals surface area (Å²) in [4.78, 5) is 0. The fourth-order valence-corrected chi connectivity index (χ4v) is 2.44. The van der Waals surface area contributed by atoms with Crippen molar-refractivity contribution in [1.82, 2.24) is 5.32 Å². The largest absolute Gasteiger partial charge is 0.389 e. The minimum absolute atomic E-state index is 0.0685. The van der Waals surface area contributed by atoms with E-state index in [0.717, 1.165) is 0 Å². The van der Waals surface area contributed by atoms with E-state index in [4.69, 9.17) is 4.74 Å². The van der Waals surface area contributed by atoms with E-state index in [0.29, 0.717) is 26.0 Å². The summed E-state index contributed by atoms with van der Waals surface area (Å²) in [6.45, 7) is 8.90. The average molecular weight is 269 g/mol. The summed E-state index contributed by atoms with van der Waals surface area (Å²) >= 11 is 0. The number of likely N-dealkylation sites (N-methyl/N-ethyl adjacent to an activating group) is 1. The molecule has 18 heavy (non-hydrogen) atoms. The highest BCUT2D eigenvalue weighted by molar-refractivity contribution is 4.91. The van der Waals surface area contributed by atoms with Crippen LogP contribution in [0.25, 0.3) is 0 Å². The molecule has 0 aromatic heterocycles. The molecule has 1 unspecified atom stereocenters. The highest BCUT2D eigenvalue weighted by Crippen LogP contribution is 2.31. The molecule has 0 radical (unpaired) electrons. The molecule has 0 amide bonds. The number of nitrogens with one attached hydrogen (secondary N) is 1. The number of rotatable bonds is 9. The number of halogens is 3. The Morgan fingerprint density at radius 3 is 1.94 bits per heavy atom. The van der Waals surface area contributed by atoms with Gasteiger partial charge in [0.25, 0.3) is 0 Å². The van der Waals surface area contributed by atoms with Gasteiger partial charge in [0, 0.05) is 19.1 Å². The third kappa shape index (κ3) is 5.57.